The first-order valence-corrected chi connectivity index (χ1v) is 8.59. The van der Waals surface area contributed by atoms with Crippen molar-refractivity contribution >= 4 is 16.9 Å². The number of imidazole rings is 1. The number of hydrogen-bond donors (Lipinski definition) is 1. The van der Waals surface area contributed by atoms with E-state index in [1.165, 1.54) is 0 Å². The summed E-state index contributed by atoms with van der Waals surface area (Å²) in [5, 5.41) is 3.04. The normalized spacial score (nSPS) is 12.6. The summed E-state index contributed by atoms with van der Waals surface area (Å²) in [5.74, 6) is 0.682. The number of benzene rings is 1. The van der Waals surface area contributed by atoms with E-state index >= 15 is 0 Å². The molecule has 2 heterocycles. The summed E-state index contributed by atoms with van der Waals surface area (Å²) in [6, 6.07) is 10.0. The van der Waals surface area contributed by atoms with Crippen LogP contribution in [0.3, 0.4) is 0 Å². The molecule has 0 aliphatic heterocycles. The number of nitrogens with zero attached hydrogens (tertiary/aromatic N) is 3. The van der Waals surface area contributed by atoms with E-state index in [0.29, 0.717) is 5.69 Å². The van der Waals surface area contributed by atoms with E-state index in [-0.39, 0.29) is 18.0 Å². The SMILES string of the molecule is Cc1cnc(C(=O)NC(C)c2nc3ccccc3n2C(C)C)c(C)c1. The Hall–Kier alpha value is -2.69. The van der Waals surface area contributed by atoms with Gasteiger partial charge in [-0.1, -0.05) is 18.2 Å². The molecule has 0 bridgehead atoms. The number of carbonyl (C=O) groups excluding carboxylic acids is 1. The molecule has 0 saturated carbocycles. The lowest BCUT2D eigenvalue weighted by Crippen LogP contribution is -2.30. The fraction of sp³-hybridized carbons (Fsp3) is 0.350. The summed E-state index contributed by atoms with van der Waals surface area (Å²) in [4.78, 5) is 21.7. The Morgan fingerprint density at radius 1 is 1.16 bits per heavy atom. The van der Waals surface area contributed by atoms with Crippen molar-refractivity contribution in [1.82, 2.24) is 19.9 Å². The van der Waals surface area contributed by atoms with Gasteiger partial charge in [-0.05, 0) is 57.9 Å². The van der Waals surface area contributed by atoms with E-state index in [1.807, 2.05) is 45.0 Å². The highest BCUT2D eigenvalue weighted by atomic mass is 16.1. The maximum absolute atomic E-state index is 12.6. The third-order valence-corrected chi connectivity index (χ3v) is 4.30. The molecular formula is C20H24N4O. The molecule has 0 radical (unpaired) electrons. The summed E-state index contributed by atoms with van der Waals surface area (Å²) in [5.41, 5.74) is 4.41. The highest BCUT2D eigenvalue weighted by molar-refractivity contribution is 5.94. The molecule has 0 aliphatic rings. The third-order valence-electron chi connectivity index (χ3n) is 4.30. The van der Waals surface area contributed by atoms with Gasteiger partial charge in [-0.2, -0.15) is 0 Å². The maximum Gasteiger partial charge on any atom is 0.270 e. The van der Waals surface area contributed by atoms with Crippen LogP contribution in [-0.2, 0) is 0 Å². The van der Waals surface area contributed by atoms with Gasteiger partial charge in [-0.25, -0.2) is 4.98 Å². The molecule has 5 nitrogen and oxygen atoms in total. The lowest BCUT2D eigenvalue weighted by molar-refractivity contribution is 0.0931. The second-order valence-corrected chi connectivity index (χ2v) is 6.80. The largest absolute Gasteiger partial charge is 0.341 e. The quantitative estimate of drug-likeness (QED) is 0.779. The number of para-hydroxylation sites is 2. The van der Waals surface area contributed by atoms with Gasteiger partial charge in [-0.15, -0.1) is 0 Å². The molecule has 0 saturated heterocycles. The van der Waals surface area contributed by atoms with Crippen LogP contribution >= 0.6 is 0 Å². The minimum atomic E-state index is -0.218. The summed E-state index contributed by atoms with van der Waals surface area (Å²) in [7, 11) is 0. The minimum Gasteiger partial charge on any atom is -0.341 e. The number of fused-ring (bicyclic) bond motifs is 1. The van der Waals surface area contributed by atoms with Gasteiger partial charge in [0.2, 0.25) is 0 Å². The molecule has 2 aromatic heterocycles. The predicted molar refractivity (Wildman–Crippen MR) is 99.7 cm³/mol. The molecule has 0 aliphatic carbocycles. The number of rotatable bonds is 4. The zero-order valence-electron chi connectivity index (χ0n) is 15.4. The predicted octanol–water partition coefficient (Wildman–Crippen LogP) is 4.12. The highest BCUT2D eigenvalue weighted by Gasteiger charge is 2.21. The Balaban J connectivity index is 1.93. The number of nitrogens with one attached hydrogen (secondary N) is 1. The molecule has 0 spiro atoms. The topological polar surface area (TPSA) is 59.8 Å². The third kappa shape index (κ3) is 3.27. The van der Waals surface area contributed by atoms with Crippen molar-refractivity contribution < 1.29 is 4.79 Å². The zero-order chi connectivity index (χ0) is 18.1. The van der Waals surface area contributed by atoms with Crippen molar-refractivity contribution in [3.05, 3.63) is 59.2 Å². The molecule has 25 heavy (non-hydrogen) atoms. The molecular weight excluding hydrogens is 312 g/mol. The lowest BCUT2D eigenvalue weighted by Gasteiger charge is -2.19. The van der Waals surface area contributed by atoms with Crippen molar-refractivity contribution in [2.24, 2.45) is 0 Å². The van der Waals surface area contributed by atoms with Crippen LogP contribution in [0.4, 0.5) is 0 Å². The number of aromatic nitrogens is 3. The van der Waals surface area contributed by atoms with Gasteiger partial charge in [0.15, 0.2) is 0 Å². The Bertz CT molecular complexity index is 927. The van der Waals surface area contributed by atoms with Gasteiger partial charge in [0.1, 0.15) is 11.5 Å². The van der Waals surface area contributed by atoms with Crippen molar-refractivity contribution in [3.8, 4) is 0 Å². The van der Waals surface area contributed by atoms with Crippen LogP contribution in [0.15, 0.2) is 36.5 Å². The highest BCUT2D eigenvalue weighted by Crippen LogP contribution is 2.25. The lowest BCUT2D eigenvalue weighted by atomic mass is 10.1. The van der Waals surface area contributed by atoms with Crippen molar-refractivity contribution in [2.75, 3.05) is 0 Å². The molecule has 0 fully saturated rings. The average Bonchev–Trinajstić information content (AvgIpc) is 2.94. The zero-order valence-corrected chi connectivity index (χ0v) is 15.4. The Labute approximate surface area is 148 Å². The molecule has 3 aromatic rings. The minimum absolute atomic E-state index is 0.174. The second-order valence-electron chi connectivity index (χ2n) is 6.80. The molecule has 1 atom stereocenters. The van der Waals surface area contributed by atoms with Crippen LogP contribution in [-0.4, -0.2) is 20.4 Å². The standard InChI is InChI=1S/C20H24N4O/c1-12(2)24-17-9-7-6-8-16(17)23-19(24)15(5)22-20(25)18-14(4)10-13(3)11-21-18/h6-12,15H,1-5H3,(H,22,25). The number of pyridine rings is 1. The van der Waals surface area contributed by atoms with Crippen LogP contribution < -0.4 is 5.32 Å². The Morgan fingerprint density at radius 2 is 1.88 bits per heavy atom. The maximum atomic E-state index is 12.6. The van der Waals surface area contributed by atoms with E-state index in [0.717, 1.165) is 28.0 Å². The van der Waals surface area contributed by atoms with Crippen molar-refractivity contribution in [2.45, 2.75) is 46.7 Å². The smallest absolute Gasteiger partial charge is 0.270 e. The first-order valence-electron chi connectivity index (χ1n) is 8.59. The molecule has 130 valence electrons. The summed E-state index contributed by atoms with van der Waals surface area (Å²) in [6.07, 6.45) is 1.72. The van der Waals surface area contributed by atoms with Gasteiger partial charge in [0.05, 0.1) is 17.1 Å². The monoisotopic (exact) mass is 336 g/mol. The number of amides is 1. The summed E-state index contributed by atoms with van der Waals surface area (Å²) < 4.78 is 2.18. The van der Waals surface area contributed by atoms with E-state index in [9.17, 15) is 4.79 Å². The van der Waals surface area contributed by atoms with Crippen LogP contribution in [0.5, 0.6) is 0 Å². The Kier molecular flexibility index (Phi) is 4.57. The number of aryl methyl sites for hydroxylation is 2. The number of hydrogen-bond acceptors (Lipinski definition) is 3. The number of carbonyl (C=O) groups is 1. The van der Waals surface area contributed by atoms with Gasteiger partial charge in [0.25, 0.3) is 5.91 Å². The summed E-state index contributed by atoms with van der Waals surface area (Å²) >= 11 is 0. The van der Waals surface area contributed by atoms with Crippen molar-refractivity contribution in [3.63, 3.8) is 0 Å². The van der Waals surface area contributed by atoms with E-state index in [2.05, 4.69) is 34.8 Å². The van der Waals surface area contributed by atoms with Gasteiger partial charge in [0, 0.05) is 12.2 Å². The average molecular weight is 336 g/mol. The molecule has 1 N–H and O–H groups in total. The van der Waals surface area contributed by atoms with Gasteiger partial charge < -0.3 is 9.88 Å². The van der Waals surface area contributed by atoms with E-state index in [1.54, 1.807) is 6.20 Å². The first kappa shape index (κ1) is 17.1. The summed E-state index contributed by atoms with van der Waals surface area (Å²) in [6.45, 7) is 10.1. The molecule has 1 amide bonds. The van der Waals surface area contributed by atoms with Crippen LogP contribution in [0.25, 0.3) is 11.0 Å². The fourth-order valence-corrected chi connectivity index (χ4v) is 3.19. The Morgan fingerprint density at radius 3 is 2.56 bits per heavy atom. The van der Waals surface area contributed by atoms with Gasteiger partial charge >= 0.3 is 0 Å². The molecule has 5 heteroatoms. The molecule has 1 aromatic carbocycles. The van der Waals surface area contributed by atoms with Crippen LogP contribution in [0.2, 0.25) is 0 Å². The van der Waals surface area contributed by atoms with Crippen LogP contribution in [0.1, 0.15) is 60.3 Å². The fourth-order valence-electron chi connectivity index (χ4n) is 3.19. The molecule has 1 unspecified atom stereocenters. The van der Waals surface area contributed by atoms with E-state index < -0.39 is 0 Å². The molecule has 3 rings (SSSR count). The second kappa shape index (κ2) is 6.67. The van der Waals surface area contributed by atoms with E-state index in [4.69, 9.17) is 4.98 Å². The first-order chi connectivity index (χ1) is 11.9. The van der Waals surface area contributed by atoms with Crippen LogP contribution in [0, 0.1) is 13.8 Å². The van der Waals surface area contributed by atoms with Gasteiger partial charge in [-0.3, -0.25) is 9.78 Å². The van der Waals surface area contributed by atoms with Crippen molar-refractivity contribution in [1.29, 1.82) is 0 Å².